The Bertz CT molecular complexity index is 523. The summed E-state index contributed by atoms with van der Waals surface area (Å²) in [7, 11) is 0. The van der Waals surface area contributed by atoms with E-state index in [2.05, 4.69) is 26.1 Å². The molecule has 4 nitrogen and oxygen atoms in total. The third-order valence-corrected chi connectivity index (χ3v) is 3.07. The van der Waals surface area contributed by atoms with Crippen LogP contribution in [-0.2, 0) is 6.61 Å². The fourth-order valence-corrected chi connectivity index (χ4v) is 1.91. The Labute approximate surface area is 107 Å². The maximum absolute atomic E-state index is 5.57. The van der Waals surface area contributed by atoms with E-state index in [4.69, 9.17) is 9.26 Å². The minimum absolute atomic E-state index is 0.340. The van der Waals surface area contributed by atoms with Crippen LogP contribution in [0.3, 0.4) is 0 Å². The summed E-state index contributed by atoms with van der Waals surface area (Å²) in [5.41, 5.74) is 0. The van der Waals surface area contributed by atoms with Crippen molar-refractivity contribution in [2.75, 3.05) is 0 Å². The highest BCUT2D eigenvalue weighted by atomic mass is 79.9. The number of nitrogens with zero attached hydrogens (tertiary/aromatic N) is 2. The van der Waals surface area contributed by atoms with E-state index in [0.29, 0.717) is 18.3 Å². The van der Waals surface area contributed by atoms with Crippen molar-refractivity contribution in [3.05, 3.63) is 40.5 Å². The maximum Gasteiger partial charge on any atom is 0.229 e. The highest BCUT2D eigenvalue weighted by Crippen LogP contribution is 2.38. The second kappa shape index (κ2) is 4.49. The molecular formula is C12H11BrN2O2. The van der Waals surface area contributed by atoms with Gasteiger partial charge >= 0.3 is 0 Å². The summed E-state index contributed by atoms with van der Waals surface area (Å²) in [6, 6.07) is 7.67. The average Bonchev–Trinajstić information content (AvgIpc) is 3.07. The monoisotopic (exact) mass is 294 g/mol. The van der Waals surface area contributed by atoms with Gasteiger partial charge in [-0.2, -0.15) is 4.98 Å². The average molecular weight is 295 g/mol. The van der Waals surface area contributed by atoms with E-state index >= 15 is 0 Å². The summed E-state index contributed by atoms with van der Waals surface area (Å²) < 4.78 is 11.7. The van der Waals surface area contributed by atoms with E-state index in [9.17, 15) is 0 Å². The first-order chi connectivity index (χ1) is 8.31. The third kappa shape index (κ3) is 2.66. The van der Waals surface area contributed by atoms with Crippen molar-refractivity contribution in [1.82, 2.24) is 10.1 Å². The molecule has 0 spiro atoms. The van der Waals surface area contributed by atoms with Gasteiger partial charge in [0.15, 0.2) is 6.61 Å². The highest BCUT2D eigenvalue weighted by molar-refractivity contribution is 9.10. The smallest absolute Gasteiger partial charge is 0.229 e. The van der Waals surface area contributed by atoms with Gasteiger partial charge in [0.25, 0.3) is 0 Å². The Hall–Kier alpha value is -1.36. The zero-order valence-corrected chi connectivity index (χ0v) is 10.7. The van der Waals surface area contributed by atoms with Crippen LogP contribution in [0, 0.1) is 0 Å². The predicted molar refractivity (Wildman–Crippen MR) is 64.7 cm³/mol. The van der Waals surface area contributed by atoms with Crippen LogP contribution in [0.5, 0.6) is 5.75 Å². The summed E-state index contributed by atoms with van der Waals surface area (Å²) in [4.78, 5) is 4.30. The van der Waals surface area contributed by atoms with Gasteiger partial charge in [-0.05, 0) is 31.0 Å². The lowest BCUT2D eigenvalue weighted by atomic mass is 10.3. The fourth-order valence-electron chi connectivity index (χ4n) is 1.53. The van der Waals surface area contributed by atoms with E-state index in [-0.39, 0.29) is 0 Å². The molecule has 17 heavy (non-hydrogen) atoms. The predicted octanol–water partition coefficient (Wildman–Crippen LogP) is 3.29. The van der Waals surface area contributed by atoms with Gasteiger partial charge in [0, 0.05) is 10.4 Å². The largest absolute Gasteiger partial charge is 0.485 e. The lowest BCUT2D eigenvalue weighted by molar-refractivity contribution is 0.285. The Kier molecular flexibility index (Phi) is 2.84. The quantitative estimate of drug-likeness (QED) is 0.868. The molecule has 0 radical (unpaired) electrons. The normalized spacial score (nSPS) is 14.9. The second-order valence-electron chi connectivity index (χ2n) is 4.07. The Balaban J connectivity index is 1.62. The Morgan fingerprint density at radius 2 is 2.29 bits per heavy atom. The molecule has 1 aromatic carbocycles. The van der Waals surface area contributed by atoms with E-state index in [0.717, 1.165) is 29.0 Å². The first-order valence-corrected chi connectivity index (χ1v) is 6.31. The van der Waals surface area contributed by atoms with E-state index in [1.54, 1.807) is 0 Å². The second-order valence-corrected chi connectivity index (χ2v) is 4.98. The van der Waals surface area contributed by atoms with Crippen molar-refractivity contribution < 1.29 is 9.26 Å². The van der Waals surface area contributed by atoms with Crippen LogP contribution < -0.4 is 4.74 Å². The number of halogens is 1. The Morgan fingerprint density at radius 1 is 1.41 bits per heavy atom. The first kappa shape index (κ1) is 10.8. The van der Waals surface area contributed by atoms with Crippen LogP contribution in [0.15, 0.2) is 33.3 Å². The first-order valence-electron chi connectivity index (χ1n) is 5.52. The molecule has 0 saturated heterocycles. The third-order valence-electron chi connectivity index (χ3n) is 2.57. The summed E-state index contributed by atoms with van der Waals surface area (Å²) in [5.74, 6) is 2.63. The van der Waals surface area contributed by atoms with Gasteiger partial charge in [-0.15, -0.1) is 0 Å². The van der Waals surface area contributed by atoms with Crippen LogP contribution in [0.1, 0.15) is 30.5 Å². The molecular weight excluding hydrogens is 284 g/mol. The summed E-state index contributed by atoms with van der Waals surface area (Å²) in [6.45, 7) is 0.340. The lowest BCUT2D eigenvalue weighted by Crippen LogP contribution is -1.97. The van der Waals surface area contributed by atoms with E-state index in [1.807, 2.05) is 24.3 Å². The number of benzene rings is 1. The topological polar surface area (TPSA) is 48.2 Å². The van der Waals surface area contributed by atoms with E-state index < -0.39 is 0 Å². The van der Waals surface area contributed by atoms with Crippen LogP contribution in [-0.4, -0.2) is 10.1 Å². The minimum atomic E-state index is 0.340. The van der Waals surface area contributed by atoms with Crippen LogP contribution in [0.25, 0.3) is 0 Å². The maximum atomic E-state index is 5.57. The van der Waals surface area contributed by atoms with Gasteiger partial charge in [0.1, 0.15) is 5.75 Å². The van der Waals surface area contributed by atoms with Crippen molar-refractivity contribution in [2.45, 2.75) is 25.4 Å². The van der Waals surface area contributed by atoms with Crippen molar-refractivity contribution in [2.24, 2.45) is 0 Å². The van der Waals surface area contributed by atoms with Crippen molar-refractivity contribution in [1.29, 1.82) is 0 Å². The molecule has 0 unspecified atom stereocenters. The molecule has 0 amide bonds. The molecule has 88 valence electrons. The molecule has 0 atom stereocenters. The van der Waals surface area contributed by atoms with Gasteiger partial charge in [-0.25, -0.2) is 0 Å². The molecule has 0 aliphatic heterocycles. The molecule has 5 heteroatoms. The number of rotatable bonds is 4. The van der Waals surface area contributed by atoms with Gasteiger partial charge in [-0.3, -0.25) is 0 Å². The number of hydrogen-bond donors (Lipinski definition) is 0. The van der Waals surface area contributed by atoms with Gasteiger partial charge in [-0.1, -0.05) is 27.2 Å². The number of ether oxygens (including phenoxy) is 1. The molecule has 2 aromatic rings. The molecule has 1 aliphatic rings. The Morgan fingerprint density at radius 3 is 3.06 bits per heavy atom. The molecule has 1 aliphatic carbocycles. The highest BCUT2D eigenvalue weighted by Gasteiger charge is 2.29. The number of hydrogen-bond acceptors (Lipinski definition) is 4. The van der Waals surface area contributed by atoms with E-state index in [1.165, 1.54) is 0 Å². The molecule has 1 heterocycles. The summed E-state index contributed by atoms with van der Waals surface area (Å²) in [6.07, 6.45) is 2.32. The van der Waals surface area contributed by atoms with Crippen LogP contribution in [0.4, 0.5) is 0 Å². The SMILES string of the molecule is Brc1cccc(OCc2noc(C3CC3)n2)c1. The molecule has 1 fully saturated rings. The van der Waals surface area contributed by atoms with Gasteiger partial charge < -0.3 is 9.26 Å². The zero-order valence-electron chi connectivity index (χ0n) is 9.10. The fraction of sp³-hybridized carbons (Fsp3) is 0.333. The van der Waals surface area contributed by atoms with Crippen LogP contribution >= 0.6 is 15.9 Å². The molecule has 3 rings (SSSR count). The minimum Gasteiger partial charge on any atom is -0.485 e. The van der Waals surface area contributed by atoms with Gasteiger partial charge in [0.05, 0.1) is 0 Å². The summed E-state index contributed by atoms with van der Waals surface area (Å²) in [5, 5.41) is 3.89. The molecule has 1 saturated carbocycles. The standard InChI is InChI=1S/C12H11BrN2O2/c13-9-2-1-3-10(6-9)16-7-11-14-12(17-15-11)8-4-5-8/h1-3,6,8H,4-5,7H2. The van der Waals surface area contributed by atoms with Crippen molar-refractivity contribution in [3.8, 4) is 5.75 Å². The van der Waals surface area contributed by atoms with Crippen molar-refractivity contribution >= 4 is 15.9 Å². The van der Waals surface area contributed by atoms with Gasteiger partial charge in [0.2, 0.25) is 11.7 Å². The molecule has 0 bridgehead atoms. The lowest BCUT2D eigenvalue weighted by Gasteiger charge is -2.02. The van der Waals surface area contributed by atoms with Crippen molar-refractivity contribution in [3.63, 3.8) is 0 Å². The number of aromatic nitrogens is 2. The molecule has 1 aromatic heterocycles. The summed E-state index contributed by atoms with van der Waals surface area (Å²) >= 11 is 3.39. The van der Waals surface area contributed by atoms with Crippen LogP contribution in [0.2, 0.25) is 0 Å². The zero-order chi connectivity index (χ0) is 11.7. The molecule has 0 N–H and O–H groups in total.